The number of fused-ring (bicyclic) bond motifs is 6. The second-order valence-corrected chi connectivity index (χ2v) is 33.3. The van der Waals surface area contributed by atoms with Gasteiger partial charge >= 0.3 is 6.09 Å². The zero-order valence-corrected chi connectivity index (χ0v) is 74.0. The summed E-state index contributed by atoms with van der Waals surface area (Å²) in [5.74, 6) is -0.931. The van der Waals surface area contributed by atoms with Crippen LogP contribution in [0.5, 0.6) is 0 Å². The van der Waals surface area contributed by atoms with E-state index in [0.717, 1.165) is 5.03 Å². The van der Waals surface area contributed by atoms with Crippen molar-refractivity contribution in [3.8, 4) is 0 Å². The van der Waals surface area contributed by atoms with Gasteiger partial charge in [0.15, 0.2) is 18.9 Å². The van der Waals surface area contributed by atoms with Gasteiger partial charge in [-0.1, -0.05) is 38.9 Å². The van der Waals surface area contributed by atoms with Crippen molar-refractivity contribution < 1.29 is 159 Å². The summed E-state index contributed by atoms with van der Waals surface area (Å²) in [6.45, 7) is 10.4. The van der Waals surface area contributed by atoms with E-state index in [2.05, 4.69) is 62.5 Å². The molecule has 0 saturated carbocycles. The van der Waals surface area contributed by atoms with Crippen molar-refractivity contribution in [3.05, 3.63) is 60.1 Å². The molecular formula is C78H125N15O33S2. The van der Waals surface area contributed by atoms with Crippen molar-refractivity contribution in [2.75, 3.05) is 217 Å². The van der Waals surface area contributed by atoms with Crippen LogP contribution in [0.25, 0.3) is 0 Å². The molecule has 6 aliphatic rings. The Hall–Kier alpha value is -6.66. The molecule has 722 valence electrons. The van der Waals surface area contributed by atoms with E-state index >= 15 is 0 Å². The SMILES string of the molecule is CC(=O)N[C@H]1[C@H]2OC[C@](COCCOCCOCCOCCn3cc(COCC(COCc4cn(CCOCCOCCOCCOC[C@@]56CO[C@@H](O5)[C@H](NC(C)=O)[C@@H](O)[C@H]6O)nn4)(COCc4cn(CCOCCOCCOCCOC[C@@]56CO[C@@H](O5)[C@H](NC(C)=O)[C@@H](O)[C@H]6O)nn4)NC(=O)CCCCCNC(=O)OCCSSc4ccccn4)nn3)(O2)[C@H](O)[C@@H]1O. The number of unbranched alkanes of at least 4 members (excludes halogenated alkanes) is 2. The van der Waals surface area contributed by atoms with Crippen molar-refractivity contribution >= 4 is 51.3 Å². The van der Waals surface area contributed by atoms with Crippen LogP contribution in [0, 0.1) is 0 Å². The summed E-state index contributed by atoms with van der Waals surface area (Å²) in [7, 11) is 3.02. The summed E-state index contributed by atoms with van der Waals surface area (Å²) >= 11 is 0. The van der Waals surface area contributed by atoms with Crippen LogP contribution in [0.2, 0.25) is 0 Å². The predicted molar refractivity (Wildman–Crippen MR) is 440 cm³/mol. The normalized spacial score (nSPS) is 25.3. The largest absolute Gasteiger partial charge is 0.449 e. The van der Waals surface area contributed by atoms with Crippen LogP contribution in [0.1, 0.15) is 63.5 Å². The second-order valence-electron chi connectivity index (χ2n) is 30.9. The molecule has 4 aromatic heterocycles. The molecule has 4 aromatic rings. The molecule has 0 spiro atoms. The summed E-state index contributed by atoms with van der Waals surface area (Å²) < 4.78 is 132. The quantitative estimate of drug-likeness (QED) is 0.0147. The molecule has 10 rings (SSSR count). The first-order valence-electron chi connectivity index (χ1n) is 42.7. The Bertz CT molecular complexity index is 3540. The number of carbonyl (C=O) groups excluding carboxylic acids is 5. The van der Waals surface area contributed by atoms with Gasteiger partial charge in [-0.3, -0.25) is 19.2 Å². The van der Waals surface area contributed by atoms with E-state index in [4.69, 9.17) is 104 Å². The lowest BCUT2D eigenvalue weighted by Gasteiger charge is -2.42. The lowest BCUT2D eigenvalue weighted by atomic mass is 9.88. The zero-order valence-electron chi connectivity index (χ0n) is 72.4. The van der Waals surface area contributed by atoms with Gasteiger partial charge in [-0.05, 0) is 35.8 Å². The number of hydrogen-bond donors (Lipinski definition) is 11. The fraction of sp³-hybridized carbons (Fsp3) is 0.795. The van der Waals surface area contributed by atoms with Crippen LogP contribution in [-0.4, -0.2) is 423 Å². The molecule has 6 bridgehead atoms. The monoisotopic (exact) mass is 1860 g/mol. The van der Waals surface area contributed by atoms with Gasteiger partial charge in [-0.15, -0.1) is 15.3 Å². The summed E-state index contributed by atoms with van der Waals surface area (Å²) in [5, 5.41) is 105. The number of pyridine rings is 1. The topological polar surface area (TPSA) is 575 Å². The van der Waals surface area contributed by atoms with Crippen molar-refractivity contribution in [1.29, 1.82) is 0 Å². The van der Waals surface area contributed by atoms with E-state index in [9.17, 15) is 54.6 Å². The first-order valence-corrected chi connectivity index (χ1v) is 45.0. The lowest BCUT2D eigenvalue weighted by Crippen LogP contribution is -2.66. The predicted octanol–water partition coefficient (Wildman–Crippen LogP) is -4.36. The summed E-state index contributed by atoms with van der Waals surface area (Å²) in [6, 6.07) is 2.91. The molecule has 0 aliphatic carbocycles. The Morgan fingerprint density at radius 2 is 0.805 bits per heavy atom. The number of nitrogens with one attached hydrogen (secondary N) is 5. The third-order valence-electron chi connectivity index (χ3n) is 20.6. The van der Waals surface area contributed by atoms with Gasteiger partial charge in [0.2, 0.25) is 23.6 Å². The summed E-state index contributed by atoms with van der Waals surface area (Å²) in [6.07, 6.45) is -2.61. The van der Waals surface area contributed by atoms with E-state index in [1.54, 1.807) is 38.8 Å². The molecule has 6 fully saturated rings. The number of aliphatic hydroxyl groups is 6. The molecule has 128 heavy (non-hydrogen) atoms. The molecule has 5 amide bonds. The van der Waals surface area contributed by atoms with Gasteiger partial charge in [0.1, 0.15) is 106 Å². The lowest BCUT2D eigenvalue weighted by molar-refractivity contribution is -0.238. The second kappa shape index (κ2) is 55.7. The number of carbonyl (C=O) groups is 5. The average Bonchev–Trinajstić information content (AvgIpc) is 1.61. The van der Waals surface area contributed by atoms with Crippen LogP contribution in [0.4, 0.5) is 4.79 Å². The third-order valence-corrected chi connectivity index (χ3v) is 22.8. The average molecular weight is 1870 g/mol. The highest BCUT2D eigenvalue weighted by atomic mass is 33.1. The number of aliphatic hydroxyl groups excluding tert-OH is 6. The molecule has 15 atom stereocenters. The van der Waals surface area contributed by atoms with Crippen LogP contribution >= 0.6 is 21.6 Å². The minimum absolute atomic E-state index is 0.0187. The van der Waals surface area contributed by atoms with Gasteiger partial charge < -0.3 is 161 Å². The number of ether oxygens (including phenoxy) is 22. The molecule has 10 heterocycles. The van der Waals surface area contributed by atoms with E-state index in [1.165, 1.54) is 42.4 Å². The van der Waals surface area contributed by atoms with Gasteiger partial charge in [0.05, 0.1) is 256 Å². The Kier molecular flexibility index (Phi) is 45.0. The maximum atomic E-state index is 14.2. The highest BCUT2D eigenvalue weighted by Crippen LogP contribution is 2.40. The Morgan fingerprint density at radius 3 is 1.15 bits per heavy atom. The Morgan fingerprint density at radius 1 is 0.453 bits per heavy atom. The molecular weight excluding hydrogens is 1740 g/mol. The first-order chi connectivity index (χ1) is 62.2. The maximum absolute atomic E-state index is 14.2. The van der Waals surface area contributed by atoms with Crippen LogP contribution in [-0.2, 0) is 163 Å². The number of hydrogen-bond acceptors (Lipinski definition) is 42. The molecule has 48 nitrogen and oxygen atoms in total. The summed E-state index contributed by atoms with van der Waals surface area (Å²) in [4.78, 5) is 65.8. The zero-order chi connectivity index (χ0) is 90.7. The Balaban J connectivity index is 0.650. The van der Waals surface area contributed by atoms with Gasteiger partial charge in [0.25, 0.3) is 0 Å². The highest BCUT2D eigenvalue weighted by Gasteiger charge is 2.62. The smallest absolute Gasteiger partial charge is 0.407 e. The van der Waals surface area contributed by atoms with E-state index in [-0.39, 0.29) is 178 Å². The van der Waals surface area contributed by atoms with E-state index in [0.29, 0.717) is 128 Å². The molecule has 6 aliphatic heterocycles. The third kappa shape index (κ3) is 34.1. The molecule has 0 radical (unpaired) electrons. The number of nitrogens with zero attached hydrogens (tertiary/aromatic N) is 10. The van der Waals surface area contributed by atoms with Crippen LogP contribution in [0.15, 0.2) is 48.0 Å². The van der Waals surface area contributed by atoms with Gasteiger partial charge in [-0.2, -0.15) is 0 Å². The number of rotatable bonds is 69. The first kappa shape index (κ1) is 103. The molecule has 0 aromatic carbocycles. The van der Waals surface area contributed by atoms with Crippen molar-refractivity contribution in [2.45, 2.75) is 187 Å². The van der Waals surface area contributed by atoms with Crippen molar-refractivity contribution in [2.24, 2.45) is 0 Å². The minimum Gasteiger partial charge on any atom is -0.449 e. The van der Waals surface area contributed by atoms with Crippen LogP contribution < -0.4 is 26.6 Å². The molecule has 11 N–H and O–H groups in total. The number of alkyl carbamates (subject to hydrolysis) is 1. The molecule has 0 unspecified atom stereocenters. The number of amides is 5. The Labute approximate surface area is 747 Å². The van der Waals surface area contributed by atoms with Crippen molar-refractivity contribution in [3.63, 3.8) is 0 Å². The standard InChI is InChI=1S/C78H125N15O33S2/c1-54(94)81-62-65(98)68(101)76(51-121-71(62)124-76)48-114-34-31-111-28-25-108-22-19-105-16-13-91-39-57(85-88-91)42-117-45-75(84-60(97)9-5-4-7-12-80-74(104)120-37-38-127-128-61-10-6-8-11-79-61,46-118-43-58-40-92(89-86-58)14-17-106-20-23-109-26-29-112-32-35-115-49-77-52-122-72(125-77)63(82-55(2)95)66(99)69(77)102)47-119-44-59-41-93(90-87-59)15-18-107-21-24-110-27-30-113-33-36-116-50-78-53-123-73(126-78)64(83-56(3)96)67(100)70(78)103/h6,8,10-11,39-41,62-73,98-103H,4-5,7,9,12-38,42-53H2,1-3H3,(H,80,104)(H,81,94)(H,82,95)(H,83,96)(H,84,97)/t62-,63-,64-,65-,66-,67-,68-,69-,70-,71+,72+,73+,76+,77+,78+/m1/s1. The molecule has 50 heteroatoms. The summed E-state index contributed by atoms with van der Waals surface area (Å²) in [5.41, 5.74) is -3.71. The van der Waals surface area contributed by atoms with Crippen LogP contribution in [0.3, 0.4) is 0 Å². The van der Waals surface area contributed by atoms with E-state index in [1.807, 2.05) is 18.2 Å². The van der Waals surface area contributed by atoms with Gasteiger partial charge in [-0.25, -0.2) is 23.8 Å². The fourth-order valence-corrected chi connectivity index (χ4v) is 15.8. The maximum Gasteiger partial charge on any atom is 0.407 e. The highest BCUT2D eigenvalue weighted by molar-refractivity contribution is 8.76. The van der Waals surface area contributed by atoms with E-state index < -0.39 is 120 Å². The number of aromatic nitrogens is 10. The molecule has 6 saturated heterocycles. The van der Waals surface area contributed by atoms with Crippen molar-refractivity contribution in [1.82, 2.24) is 76.5 Å². The van der Waals surface area contributed by atoms with Gasteiger partial charge in [0, 0.05) is 45.7 Å². The fourth-order valence-electron chi connectivity index (χ4n) is 14.1. The minimum atomic E-state index is -1.35.